The van der Waals surface area contributed by atoms with Crippen LogP contribution in [-0.2, 0) is 10.5 Å². The fourth-order valence-electron chi connectivity index (χ4n) is 1.99. The molecular formula is C18H16N2O2S. The molecule has 0 fully saturated rings. The van der Waals surface area contributed by atoms with Crippen LogP contribution in [0.25, 0.3) is 0 Å². The maximum absolute atomic E-state index is 11.9. The lowest BCUT2D eigenvalue weighted by Gasteiger charge is -2.06. The molecule has 0 spiro atoms. The van der Waals surface area contributed by atoms with Crippen molar-refractivity contribution in [1.82, 2.24) is 0 Å². The Hall–Kier alpha value is -2.58. The molecular weight excluding hydrogens is 308 g/mol. The quantitative estimate of drug-likeness (QED) is 0.824. The largest absolute Gasteiger partial charge is 0.325 e. The molecule has 2 rings (SSSR count). The average molecular weight is 324 g/mol. The van der Waals surface area contributed by atoms with Gasteiger partial charge in [0, 0.05) is 17.0 Å². The Morgan fingerprint density at radius 1 is 1.13 bits per heavy atom. The lowest BCUT2D eigenvalue weighted by atomic mass is 10.1. The molecule has 5 heteroatoms. The fourth-order valence-corrected chi connectivity index (χ4v) is 2.83. The number of hydrogen-bond acceptors (Lipinski definition) is 4. The van der Waals surface area contributed by atoms with Crippen LogP contribution in [-0.4, -0.2) is 17.4 Å². The minimum absolute atomic E-state index is 0.00501. The van der Waals surface area contributed by atoms with E-state index in [2.05, 4.69) is 11.4 Å². The number of Topliss-reactive ketones (excluding diaryl/α,β-unsaturated/α-hetero) is 1. The van der Waals surface area contributed by atoms with Gasteiger partial charge >= 0.3 is 0 Å². The zero-order valence-electron chi connectivity index (χ0n) is 12.7. The molecule has 1 amide bonds. The molecule has 2 aromatic carbocycles. The summed E-state index contributed by atoms with van der Waals surface area (Å²) in [6.07, 6.45) is 0. The fraction of sp³-hybridized carbons (Fsp3) is 0.167. The van der Waals surface area contributed by atoms with E-state index in [0.717, 1.165) is 5.56 Å². The zero-order valence-corrected chi connectivity index (χ0v) is 13.5. The van der Waals surface area contributed by atoms with E-state index in [1.54, 1.807) is 30.3 Å². The minimum Gasteiger partial charge on any atom is -0.325 e. The average Bonchev–Trinajstić information content (AvgIpc) is 2.55. The van der Waals surface area contributed by atoms with Crippen LogP contribution in [0.5, 0.6) is 0 Å². The predicted molar refractivity (Wildman–Crippen MR) is 92.4 cm³/mol. The summed E-state index contributed by atoms with van der Waals surface area (Å²) in [5.41, 5.74) is 2.85. The lowest BCUT2D eigenvalue weighted by molar-refractivity contribution is -0.113. The van der Waals surface area contributed by atoms with Gasteiger partial charge in [0.05, 0.1) is 17.4 Å². The van der Waals surface area contributed by atoms with E-state index >= 15 is 0 Å². The molecule has 2 aromatic rings. The Balaban J connectivity index is 1.83. The zero-order chi connectivity index (χ0) is 16.7. The first-order chi connectivity index (χ1) is 11.1. The number of ketones is 1. The van der Waals surface area contributed by atoms with Crippen LogP contribution in [0.15, 0.2) is 48.5 Å². The number of benzene rings is 2. The van der Waals surface area contributed by atoms with Gasteiger partial charge in [-0.1, -0.05) is 18.2 Å². The van der Waals surface area contributed by atoms with Crippen LogP contribution >= 0.6 is 11.8 Å². The van der Waals surface area contributed by atoms with Crippen molar-refractivity contribution in [2.24, 2.45) is 0 Å². The summed E-state index contributed by atoms with van der Waals surface area (Å²) in [4.78, 5) is 23.1. The van der Waals surface area contributed by atoms with E-state index in [1.165, 1.54) is 18.7 Å². The van der Waals surface area contributed by atoms with Crippen LogP contribution in [0.2, 0.25) is 0 Å². The summed E-state index contributed by atoms with van der Waals surface area (Å²) >= 11 is 1.45. The first-order valence-corrected chi connectivity index (χ1v) is 8.22. The highest BCUT2D eigenvalue weighted by molar-refractivity contribution is 7.99. The second-order valence-corrected chi connectivity index (χ2v) is 5.93. The molecule has 1 N–H and O–H groups in total. The van der Waals surface area contributed by atoms with Gasteiger partial charge in [-0.2, -0.15) is 5.26 Å². The van der Waals surface area contributed by atoms with Gasteiger partial charge in [0.15, 0.2) is 5.78 Å². The van der Waals surface area contributed by atoms with Crippen molar-refractivity contribution < 1.29 is 9.59 Å². The SMILES string of the molecule is CC(=O)c1ccc(NC(=O)CSCc2ccccc2C#N)cc1. The van der Waals surface area contributed by atoms with E-state index in [0.29, 0.717) is 28.3 Å². The summed E-state index contributed by atoms with van der Waals surface area (Å²) in [6, 6.07) is 16.3. The first kappa shape index (κ1) is 16.8. The molecule has 23 heavy (non-hydrogen) atoms. The van der Waals surface area contributed by atoms with Gasteiger partial charge in [-0.05, 0) is 42.8 Å². The Labute approximate surface area is 139 Å². The monoisotopic (exact) mass is 324 g/mol. The topological polar surface area (TPSA) is 70.0 Å². The van der Waals surface area contributed by atoms with Crippen LogP contribution in [0.1, 0.15) is 28.4 Å². The molecule has 0 aliphatic heterocycles. The highest BCUT2D eigenvalue weighted by Crippen LogP contribution is 2.17. The molecule has 0 saturated carbocycles. The number of nitriles is 1. The molecule has 0 atom stereocenters. The molecule has 0 heterocycles. The maximum Gasteiger partial charge on any atom is 0.234 e. The number of nitrogens with one attached hydrogen (secondary N) is 1. The second kappa shape index (κ2) is 8.16. The number of nitrogens with zero attached hydrogens (tertiary/aromatic N) is 1. The lowest BCUT2D eigenvalue weighted by Crippen LogP contribution is -2.14. The van der Waals surface area contributed by atoms with E-state index < -0.39 is 0 Å². The van der Waals surface area contributed by atoms with Gasteiger partial charge in [-0.25, -0.2) is 0 Å². The molecule has 0 aliphatic rings. The number of hydrogen-bond donors (Lipinski definition) is 1. The van der Waals surface area contributed by atoms with Crippen LogP contribution in [0.4, 0.5) is 5.69 Å². The van der Waals surface area contributed by atoms with Crippen LogP contribution in [0.3, 0.4) is 0 Å². The third-order valence-electron chi connectivity index (χ3n) is 3.20. The van der Waals surface area contributed by atoms with E-state index in [-0.39, 0.29) is 11.7 Å². The minimum atomic E-state index is -0.111. The van der Waals surface area contributed by atoms with Crippen molar-refractivity contribution in [1.29, 1.82) is 5.26 Å². The van der Waals surface area contributed by atoms with Crippen molar-refractivity contribution in [3.05, 3.63) is 65.2 Å². The Kier molecular flexibility index (Phi) is 5.95. The Morgan fingerprint density at radius 3 is 2.48 bits per heavy atom. The third-order valence-corrected chi connectivity index (χ3v) is 4.19. The van der Waals surface area contributed by atoms with Gasteiger partial charge in [0.1, 0.15) is 0 Å². The van der Waals surface area contributed by atoms with Gasteiger partial charge in [0.2, 0.25) is 5.91 Å². The first-order valence-electron chi connectivity index (χ1n) is 7.07. The maximum atomic E-state index is 11.9. The van der Waals surface area contributed by atoms with Gasteiger partial charge in [0.25, 0.3) is 0 Å². The number of amides is 1. The van der Waals surface area contributed by atoms with E-state index in [1.807, 2.05) is 18.2 Å². The van der Waals surface area contributed by atoms with Crippen LogP contribution in [0, 0.1) is 11.3 Å². The van der Waals surface area contributed by atoms with Crippen molar-refractivity contribution in [3.8, 4) is 6.07 Å². The molecule has 0 saturated heterocycles. The van der Waals surface area contributed by atoms with Crippen molar-refractivity contribution in [2.75, 3.05) is 11.1 Å². The molecule has 0 unspecified atom stereocenters. The molecule has 116 valence electrons. The van der Waals surface area contributed by atoms with Crippen molar-refractivity contribution in [3.63, 3.8) is 0 Å². The Morgan fingerprint density at radius 2 is 1.83 bits per heavy atom. The van der Waals surface area contributed by atoms with E-state index in [9.17, 15) is 9.59 Å². The second-order valence-electron chi connectivity index (χ2n) is 4.94. The normalized spacial score (nSPS) is 9.91. The summed E-state index contributed by atoms with van der Waals surface area (Å²) in [6.45, 7) is 1.50. The predicted octanol–water partition coefficient (Wildman–Crippen LogP) is 3.63. The third kappa shape index (κ3) is 4.97. The number of carbonyl (C=O) groups excluding carboxylic acids is 2. The number of thioether (sulfide) groups is 1. The highest BCUT2D eigenvalue weighted by Gasteiger charge is 2.06. The van der Waals surface area contributed by atoms with Gasteiger partial charge in [-0.15, -0.1) is 11.8 Å². The van der Waals surface area contributed by atoms with E-state index in [4.69, 9.17) is 5.26 Å². The van der Waals surface area contributed by atoms with Gasteiger partial charge < -0.3 is 5.32 Å². The Bertz CT molecular complexity index is 748. The number of rotatable bonds is 6. The van der Waals surface area contributed by atoms with Gasteiger partial charge in [-0.3, -0.25) is 9.59 Å². The molecule has 0 radical (unpaired) electrons. The summed E-state index contributed by atoms with van der Waals surface area (Å²) in [7, 11) is 0. The highest BCUT2D eigenvalue weighted by atomic mass is 32.2. The molecule has 0 bridgehead atoms. The van der Waals surface area contributed by atoms with Crippen LogP contribution < -0.4 is 5.32 Å². The smallest absolute Gasteiger partial charge is 0.234 e. The summed E-state index contributed by atoms with van der Waals surface area (Å²) in [5, 5.41) is 11.8. The summed E-state index contributed by atoms with van der Waals surface area (Å²) < 4.78 is 0. The standard InChI is InChI=1S/C18H16N2O2S/c1-13(21)14-6-8-17(9-7-14)20-18(22)12-23-11-16-5-3-2-4-15(16)10-19/h2-9H,11-12H2,1H3,(H,20,22). The number of anilines is 1. The van der Waals surface area contributed by atoms with Crippen molar-refractivity contribution in [2.45, 2.75) is 12.7 Å². The van der Waals surface area contributed by atoms with Crippen molar-refractivity contribution >= 4 is 29.1 Å². The molecule has 4 nitrogen and oxygen atoms in total. The molecule has 0 aromatic heterocycles. The number of carbonyl (C=O) groups is 2. The summed E-state index contributed by atoms with van der Waals surface area (Å²) in [5.74, 6) is 0.795. The molecule has 0 aliphatic carbocycles.